The van der Waals surface area contributed by atoms with Crippen LogP contribution in [-0.2, 0) is 0 Å². The van der Waals surface area contributed by atoms with E-state index in [4.69, 9.17) is 5.26 Å². The number of hydrogen-bond acceptors (Lipinski definition) is 4. The second-order valence-electron chi connectivity index (χ2n) is 4.21. The number of anilines is 1. The predicted molar refractivity (Wildman–Crippen MR) is 77.4 cm³/mol. The van der Waals surface area contributed by atoms with Crippen LogP contribution in [0.3, 0.4) is 0 Å². The number of halogens is 1. The number of thiophene rings is 1. The number of nitrogens with zero attached hydrogens (tertiary/aromatic N) is 1. The zero-order chi connectivity index (χ0) is 15.2. The molecule has 0 fully saturated rings. The van der Waals surface area contributed by atoms with Crippen molar-refractivity contribution in [3.05, 3.63) is 52.0 Å². The molecule has 3 N–H and O–H groups in total. The van der Waals surface area contributed by atoms with Crippen LogP contribution in [0, 0.1) is 17.1 Å². The van der Waals surface area contributed by atoms with Crippen molar-refractivity contribution in [3.8, 4) is 6.07 Å². The van der Waals surface area contributed by atoms with Gasteiger partial charge in [0.15, 0.2) is 0 Å². The van der Waals surface area contributed by atoms with Crippen LogP contribution in [-0.4, -0.2) is 17.7 Å². The van der Waals surface area contributed by atoms with E-state index in [2.05, 4.69) is 10.6 Å². The highest BCUT2D eigenvalue weighted by Gasteiger charge is 2.11. The zero-order valence-corrected chi connectivity index (χ0v) is 11.7. The van der Waals surface area contributed by atoms with E-state index in [9.17, 15) is 14.3 Å². The number of amides is 2. The molecule has 2 amide bonds. The third kappa shape index (κ3) is 4.02. The van der Waals surface area contributed by atoms with Gasteiger partial charge in [-0.3, -0.25) is 0 Å². The first-order chi connectivity index (χ1) is 10.1. The molecule has 5 nitrogen and oxygen atoms in total. The Hall–Kier alpha value is -2.43. The van der Waals surface area contributed by atoms with Crippen molar-refractivity contribution in [2.75, 3.05) is 11.9 Å². The molecule has 108 valence electrons. The minimum Gasteiger partial charge on any atom is -0.387 e. The molecule has 0 radical (unpaired) electrons. The standard InChI is InChI=1S/C14H12FN3O2S/c15-11-1-2-12(10(5-11)6-16)18-14(20)17-7-13(19)9-3-4-21-8-9/h1-5,8,13,19H,7H2,(H2,17,18,20). The molecule has 21 heavy (non-hydrogen) atoms. The van der Waals surface area contributed by atoms with Crippen LogP contribution in [0.1, 0.15) is 17.2 Å². The van der Waals surface area contributed by atoms with Gasteiger partial charge < -0.3 is 15.7 Å². The number of urea groups is 1. The molecule has 0 spiro atoms. The lowest BCUT2D eigenvalue weighted by atomic mass is 10.2. The lowest BCUT2D eigenvalue weighted by Crippen LogP contribution is -2.32. The highest BCUT2D eigenvalue weighted by atomic mass is 32.1. The summed E-state index contributed by atoms with van der Waals surface area (Å²) in [5.41, 5.74) is 0.963. The van der Waals surface area contributed by atoms with E-state index in [-0.39, 0.29) is 17.8 Å². The molecule has 0 saturated heterocycles. The highest BCUT2D eigenvalue weighted by molar-refractivity contribution is 7.07. The Labute approximate surface area is 124 Å². The lowest BCUT2D eigenvalue weighted by molar-refractivity contribution is 0.175. The first-order valence-corrected chi connectivity index (χ1v) is 6.99. The van der Waals surface area contributed by atoms with Gasteiger partial charge in [-0.25, -0.2) is 9.18 Å². The molecule has 0 aliphatic heterocycles. The molecule has 1 aromatic heterocycles. The Balaban J connectivity index is 1.92. The first kappa shape index (κ1) is 15.0. The highest BCUT2D eigenvalue weighted by Crippen LogP contribution is 2.17. The Bertz CT molecular complexity index is 667. The molecule has 1 aromatic carbocycles. The minimum absolute atomic E-state index is 0.0310. The fourth-order valence-electron chi connectivity index (χ4n) is 1.66. The van der Waals surface area contributed by atoms with Crippen LogP contribution >= 0.6 is 11.3 Å². The molecule has 0 bridgehead atoms. The molecule has 1 heterocycles. The number of carbonyl (C=O) groups is 1. The van der Waals surface area contributed by atoms with Gasteiger partial charge in [-0.1, -0.05) is 0 Å². The average molecular weight is 305 g/mol. The second-order valence-corrected chi connectivity index (χ2v) is 4.99. The third-order valence-electron chi connectivity index (χ3n) is 2.73. The van der Waals surface area contributed by atoms with Crippen LogP contribution < -0.4 is 10.6 Å². The SMILES string of the molecule is N#Cc1cc(F)ccc1NC(=O)NCC(O)c1ccsc1. The monoisotopic (exact) mass is 305 g/mol. The molecule has 0 aliphatic carbocycles. The van der Waals surface area contributed by atoms with Crippen LogP contribution in [0.4, 0.5) is 14.9 Å². The summed E-state index contributed by atoms with van der Waals surface area (Å²) in [7, 11) is 0. The quantitative estimate of drug-likeness (QED) is 0.811. The smallest absolute Gasteiger partial charge is 0.319 e. The summed E-state index contributed by atoms with van der Waals surface area (Å²) in [6, 6.07) is 6.48. The van der Waals surface area contributed by atoms with E-state index in [1.807, 2.05) is 5.38 Å². The van der Waals surface area contributed by atoms with Crippen LogP contribution in [0.15, 0.2) is 35.0 Å². The fraction of sp³-hybridized carbons (Fsp3) is 0.143. The number of nitrogens with one attached hydrogen (secondary N) is 2. The number of hydrogen-bond donors (Lipinski definition) is 3. The van der Waals surface area contributed by atoms with Crippen molar-refractivity contribution >= 4 is 23.1 Å². The molecule has 0 aliphatic rings. The third-order valence-corrected chi connectivity index (χ3v) is 3.44. The van der Waals surface area contributed by atoms with Crippen molar-refractivity contribution in [2.45, 2.75) is 6.10 Å². The molecule has 2 rings (SSSR count). The largest absolute Gasteiger partial charge is 0.387 e. The molecule has 0 saturated carbocycles. The van der Waals surface area contributed by atoms with Gasteiger partial charge in [0.2, 0.25) is 0 Å². The molecule has 7 heteroatoms. The van der Waals surface area contributed by atoms with E-state index >= 15 is 0 Å². The Morgan fingerprint density at radius 2 is 2.29 bits per heavy atom. The Morgan fingerprint density at radius 1 is 1.48 bits per heavy atom. The lowest BCUT2D eigenvalue weighted by Gasteiger charge is -2.12. The van der Waals surface area contributed by atoms with Crippen molar-refractivity contribution in [3.63, 3.8) is 0 Å². The molecular formula is C14H12FN3O2S. The van der Waals surface area contributed by atoms with Crippen LogP contribution in [0.2, 0.25) is 0 Å². The summed E-state index contributed by atoms with van der Waals surface area (Å²) in [5.74, 6) is -0.551. The van der Waals surface area contributed by atoms with Gasteiger partial charge in [0.05, 0.1) is 17.4 Å². The molecule has 1 unspecified atom stereocenters. The summed E-state index contributed by atoms with van der Waals surface area (Å²) < 4.78 is 13.0. The van der Waals surface area contributed by atoms with Crippen molar-refractivity contribution in [1.82, 2.24) is 5.32 Å². The van der Waals surface area contributed by atoms with Crippen LogP contribution in [0.5, 0.6) is 0 Å². The Kier molecular flexibility index (Phi) is 4.87. The van der Waals surface area contributed by atoms with E-state index in [1.165, 1.54) is 17.4 Å². The van der Waals surface area contributed by atoms with Gasteiger partial charge in [0, 0.05) is 6.54 Å². The summed E-state index contributed by atoms with van der Waals surface area (Å²) >= 11 is 1.45. The summed E-state index contributed by atoms with van der Waals surface area (Å²) in [4.78, 5) is 11.7. The predicted octanol–water partition coefficient (Wildman–Crippen LogP) is 2.61. The number of benzene rings is 1. The van der Waals surface area contributed by atoms with E-state index in [0.717, 1.165) is 17.7 Å². The van der Waals surface area contributed by atoms with Gasteiger partial charge in [-0.2, -0.15) is 16.6 Å². The van der Waals surface area contributed by atoms with Crippen molar-refractivity contribution in [2.24, 2.45) is 0 Å². The second kappa shape index (κ2) is 6.83. The first-order valence-electron chi connectivity index (χ1n) is 6.05. The fourth-order valence-corrected chi connectivity index (χ4v) is 2.36. The molecule has 1 atom stereocenters. The number of rotatable bonds is 4. The Morgan fingerprint density at radius 3 is 2.95 bits per heavy atom. The summed E-state index contributed by atoms with van der Waals surface area (Å²) in [5, 5.41) is 27.2. The number of nitriles is 1. The maximum atomic E-state index is 13.0. The van der Waals surface area contributed by atoms with Crippen LogP contribution in [0.25, 0.3) is 0 Å². The molecule has 2 aromatic rings. The zero-order valence-electron chi connectivity index (χ0n) is 10.8. The number of carbonyl (C=O) groups excluding carboxylic acids is 1. The van der Waals surface area contributed by atoms with E-state index in [0.29, 0.717) is 0 Å². The van der Waals surface area contributed by atoms with Crippen molar-refractivity contribution in [1.29, 1.82) is 5.26 Å². The summed E-state index contributed by atoms with van der Waals surface area (Å²) in [6.45, 7) is 0.0334. The van der Waals surface area contributed by atoms with E-state index in [1.54, 1.807) is 17.5 Å². The van der Waals surface area contributed by atoms with Gasteiger partial charge in [-0.05, 0) is 40.6 Å². The normalized spacial score (nSPS) is 11.5. The number of aliphatic hydroxyl groups is 1. The topological polar surface area (TPSA) is 85.2 Å². The minimum atomic E-state index is -0.800. The van der Waals surface area contributed by atoms with Gasteiger partial charge in [0.25, 0.3) is 0 Å². The molecular weight excluding hydrogens is 293 g/mol. The average Bonchev–Trinajstić information content (AvgIpc) is 3.01. The number of aliphatic hydroxyl groups excluding tert-OH is 1. The maximum absolute atomic E-state index is 13.0. The summed E-state index contributed by atoms with van der Waals surface area (Å²) in [6.07, 6.45) is -0.800. The van der Waals surface area contributed by atoms with Gasteiger partial charge >= 0.3 is 6.03 Å². The van der Waals surface area contributed by atoms with Crippen molar-refractivity contribution < 1.29 is 14.3 Å². The maximum Gasteiger partial charge on any atom is 0.319 e. The van der Waals surface area contributed by atoms with Gasteiger partial charge in [-0.15, -0.1) is 0 Å². The van der Waals surface area contributed by atoms with E-state index < -0.39 is 18.0 Å². The van der Waals surface area contributed by atoms with Gasteiger partial charge in [0.1, 0.15) is 11.9 Å².